The van der Waals surface area contributed by atoms with Crippen molar-refractivity contribution in [2.75, 3.05) is 12.4 Å². The van der Waals surface area contributed by atoms with Crippen molar-refractivity contribution in [1.29, 1.82) is 0 Å². The second-order valence-corrected chi connectivity index (χ2v) is 5.56. The lowest BCUT2D eigenvalue weighted by Gasteiger charge is -2.07. The minimum absolute atomic E-state index is 0.0820. The van der Waals surface area contributed by atoms with E-state index in [1.807, 2.05) is 0 Å². The molecule has 0 radical (unpaired) electrons. The summed E-state index contributed by atoms with van der Waals surface area (Å²) in [6, 6.07) is 3.70. The molecule has 0 unspecified atom stereocenters. The molecular formula is C11H15F2NO3S. The third-order valence-electron chi connectivity index (χ3n) is 2.25. The molecule has 0 atom stereocenters. The van der Waals surface area contributed by atoms with Crippen LogP contribution in [0.2, 0.25) is 0 Å². The minimum atomic E-state index is -3.43. The Morgan fingerprint density at radius 1 is 1.17 bits per heavy atom. The Bertz CT molecular complexity index is 491. The predicted molar refractivity (Wildman–Crippen MR) is 63.7 cm³/mol. The summed E-state index contributed by atoms with van der Waals surface area (Å²) in [5.41, 5.74) is 0. The number of halogens is 2. The lowest BCUT2D eigenvalue weighted by molar-refractivity contribution is 0.286. The summed E-state index contributed by atoms with van der Waals surface area (Å²) in [5.74, 6) is -2.19. The van der Waals surface area contributed by atoms with Gasteiger partial charge in [-0.1, -0.05) is 6.07 Å². The zero-order valence-electron chi connectivity index (χ0n) is 9.73. The van der Waals surface area contributed by atoms with Gasteiger partial charge in [-0.05, 0) is 31.4 Å². The van der Waals surface area contributed by atoms with Gasteiger partial charge in [-0.2, -0.15) is 4.39 Å². The number of benzene rings is 1. The van der Waals surface area contributed by atoms with Crippen LogP contribution in [0.3, 0.4) is 0 Å². The van der Waals surface area contributed by atoms with Crippen LogP contribution in [0.15, 0.2) is 18.2 Å². The van der Waals surface area contributed by atoms with Gasteiger partial charge in [0, 0.05) is 0 Å². The summed E-state index contributed by atoms with van der Waals surface area (Å²) >= 11 is 0. The Morgan fingerprint density at radius 3 is 2.56 bits per heavy atom. The fourth-order valence-electron chi connectivity index (χ4n) is 1.36. The lowest BCUT2D eigenvalue weighted by Crippen LogP contribution is -2.16. The van der Waals surface area contributed by atoms with Crippen LogP contribution in [-0.4, -0.2) is 20.8 Å². The molecule has 0 saturated heterocycles. The van der Waals surface area contributed by atoms with Crippen LogP contribution < -0.4 is 9.88 Å². The first-order chi connectivity index (χ1) is 8.40. The van der Waals surface area contributed by atoms with Crippen molar-refractivity contribution in [3.8, 4) is 5.75 Å². The van der Waals surface area contributed by atoms with Crippen LogP contribution in [-0.2, 0) is 10.0 Å². The van der Waals surface area contributed by atoms with Crippen molar-refractivity contribution in [1.82, 2.24) is 0 Å². The Hall–Kier alpha value is -1.21. The number of hydrogen-bond donors (Lipinski definition) is 1. The van der Waals surface area contributed by atoms with E-state index in [0.717, 1.165) is 6.07 Å². The Morgan fingerprint density at radius 2 is 1.89 bits per heavy atom. The first-order valence-electron chi connectivity index (χ1n) is 5.47. The maximum Gasteiger partial charge on any atom is 0.209 e. The topological polar surface area (TPSA) is 69.4 Å². The molecule has 7 heteroatoms. The number of nitrogens with two attached hydrogens (primary N) is 1. The summed E-state index contributed by atoms with van der Waals surface area (Å²) in [7, 11) is -3.43. The van der Waals surface area contributed by atoms with E-state index >= 15 is 0 Å². The molecule has 0 aliphatic carbocycles. The average Bonchev–Trinajstić information content (AvgIpc) is 2.27. The molecule has 0 aliphatic heterocycles. The smallest absolute Gasteiger partial charge is 0.209 e. The van der Waals surface area contributed by atoms with E-state index in [9.17, 15) is 17.2 Å². The van der Waals surface area contributed by atoms with Gasteiger partial charge in [-0.25, -0.2) is 17.9 Å². The van der Waals surface area contributed by atoms with Crippen LogP contribution in [0.4, 0.5) is 8.78 Å². The molecule has 4 nitrogen and oxygen atoms in total. The minimum Gasteiger partial charge on any atom is -0.490 e. The number of rotatable bonds is 7. The fourth-order valence-corrected chi connectivity index (χ4v) is 1.97. The fraction of sp³-hybridized carbons (Fsp3) is 0.455. The van der Waals surface area contributed by atoms with E-state index in [1.54, 1.807) is 0 Å². The molecule has 102 valence electrons. The van der Waals surface area contributed by atoms with Crippen LogP contribution >= 0.6 is 0 Å². The highest BCUT2D eigenvalue weighted by Gasteiger charge is 2.08. The van der Waals surface area contributed by atoms with Crippen LogP contribution in [0.1, 0.15) is 19.3 Å². The van der Waals surface area contributed by atoms with Gasteiger partial charge in [0.25, 0.3) is 0 Å². The third kappa shape index (κ3) is 5.42. The SMILES string of the molecule is NS(=O)(=O)CCCCCOc1cccc(F)c1F. The second kappa shape index (κ2) is 6.65. The zero-order chi connectivity index (χ0) is 13.6. The number of unbranched alkanes of at least 4 members (excludes halogenated alkanes) is 2. The van der Waals surface area contributed by atoms with Crippen LogP contribution in [0.5, 0.6) is 5.75 Å². The first kappa shape index (κ1) is 14.8. The molecule has 18 heavy (non-hydrogen) atoms. The van der Waals surface area contributed by atoms with Crippen LogP contribution in [0, 0.1) is 11.6 Å². The number of sulfonamides is 1. The quantitative estimate of drug-likeness (QED) is 0.774. The van der Waals surface area contributed by atoms with Crippen LogP contribution in [0.25, 0.3) is 0 Å². The first-order valence-corrected chi connectivity index (χ1v) is 7.19. The van der Waals surface area contributed by atoms with Gasteiger partial charge in [-0.15, -0.1) is 0 Å². The highest BCUT2D eigenvalue weighted by Crippen LogP contribution is 2.19. The molecule has 0 fully saturated rings. The van der Waals surface area contributed by atoms with E-state index in [4.69, 9.17) is 9.88 Å². The highest BCUT2D eigenvalue weighted by atomic mass is 32.2. The van der Waals surface area contributed by atoms with Gasteiger partial charge in [0.1, 0.15) is 0 Å². The standard InChI is InChI=1S/C11H15F2NO3S/c12-9-5-4-6-10(11(9)13)17-7-2-1-3-8-18(14,15)16/h4-6H,1-3,7-8H2,(H2,14,15,16). The Kier molecular flexibility index (Phi) is 5.49. The number of hydrogen-bond acceptors (Lipinski definition) is 3. The molecule has 0 spiro atoms. The van der Waals surface area contributed by atoms with Gasteiger partial charge in [0.15, 0.2) is 11.6 Å². The summed E-state index contributed by atoms with van der Waals surface area (Å²) in [6.07, 6.45) is 1.56. The molecular weight excluding hydrogens is 264 g/mol. The molecule has 0 saturated carbocycles. The second-order valence-electron chi connectivity index (χ2n) is 3.83. The van der Waals surface area contributed by atoms with Crippen molar-refractivity contribution in [3.05, 3.63) is 29.8 Å². The lowest BCUT2D eigenvalue weighted by atomic mass is 10.2. The van der Waals surface area contributed by atoms with Crippen molar-refractivity contribution in [2.24, 2.45) is 5.14 Å². The van der Waals surface area contributed by atoms with Crippen molar-refractivity contribution in [3.63, 3.8) is 0 Å². The van der Waals surface area contributed by atoms with Crippen molar-refractivity contribution < 1.29 is 21.9 Å². The molecule has 1 aromatic rings. The molecule has 0 aliphatic rings. The maximum absolute atomic E-state index is 13.1. The predicted octanol–water partition coefficient (Wildman–Crippen LogP) is 1.80. The summed E-state index contributed by atoms with van der Waals surface area (Å²) in [4.78, 5) is 0. The summed E-state index contributed by atoms with van der Waals surface area (Å²) in [6.45, 7) is 0.199. The summed E-state index contributed by atoms with van der Waals surface area (Å²) < 4.78 is 52.2. The molecule has 0 bridgehead atoms. The van der Waals surface area contributed by atoms with Crippen molar-refractivity contribution in [2.45, 2.75) is 19.3 Å². The van der Waals surface area contributed by atoms with Gasteiger partial charge in [-0.3, -0.25) is 0 Å². The van der Waals surface area contributed by atoms with E-state index in [0.29, 0.717) is 19.3 Å². The third-order valence-corrected chi connectivity index (χ3v) is 3.10. The Labute approximate surface area is 105 Å². The molecule has 0 amide bonds. The van der Waals surface area contributed by atoms with Gasteiger partial charge in [0.05, 0.1) is 12.4 Å². The van der Waals surface area contributed by atoms with Crippen molar-refractivity contribution >= 4 is 10.0 Å². The normalized spacial score (nSPS) is 11.5. The zero-order valence-corrected chi connectivity index (χ0v) is 10.6. The van der Waals surface area contributed by atoms with E-state index in [1.165, 1.54) is 12.1 Å². The van der Waals surface area contributed by atoms with E-state index in [2.05, 4.69) is 0 Å². The van der Waals surface area contributed by atoms with E-state index < -0.39 is 21.7 Å². The van der Waals surface area contributed by atoms with Gasteiger partial charge >= 0.3 is 0 Å². The monoisotopic (exact) mass is 279 g/mol. The van der Waals surface area contributed by atoms with E-state index in [-0.39, 0.29) is 18.1 Å². The molecule has 0 heterocycles. The average molecular weight is 279 g/mol. The number of primary sulfonamides is 1. The highest BCUT2D eigenvalue weighted by molar-refractivity contribution is 7.89. The number of ether oxygens (including phenoxy) is 1. The van der Waals surface area contributed by atoms with Gasteiger partial charge < -0.3 is 4.74 Å². The Balaban J connectivity index is 2.24. The largest absolute Gasteiger partial charge is 0.490 e. The summed E-state index contributed by atoms with van der Waals surface area (Å²) in [5, 5.41) is 4.83. The maximum atomic E-state index is 13.1. The molecule has 1 aromatic carbocycles. The molecule has 1 rings (SSSR count). The van der Waals surface area contributed by atoms with Gasteiger partial charge in [0.2, 0.25) is 15.8 Å². The molecule has 0 aromatic heterocycles. The molecule has 2 N–H and O–H groups in total.